The summed E-state index contributed by atoms with van der Waals surface area (Å²) in [6.07, 6.45) is 1.83. The van der Waals surface area contributed by atoms with E-state index in [4.69, 9.17) is 0 Å². The first-order valence-electron chi connectivity index (χ1n) is 8.00. The van der Waals surface area contributed by atoms with Gasteiger partial charge in [0.2, 0.25) is 0 Å². The van der Waals surface area contributed by atoms with E-state index in [1.54, 1.807) is 12.1 Å². The molecular formula is C20H19N3O2. The second kappa shape index (κ2) is 6.73. The molecule has 25 heavy (non-hydrogen) atoms. The highest BCUT2D eigenvalue weighted by Crippen LogP contribution is 2.23. The maximum Gasteiger partial charge on any atom is 0.271 e. The highest BCUT2D eigenvalue weighted by Gasteiger charge is 2.12. The molecule has 126 valence electrons. The number of benzene rings is 2. The standard InChI is InChI=1S/C20H19N3O2/c1-14-7-9-18(10-8-14)21-13-17-11-15(2)22(16(17)3)19-5-4-6-20(12-19)23(24)25/h4-13H,1-3H3. The minimum Gasteiger partial charge on any atom is -0.318 e. The molecule has 0 amide bonds. The number of hydrogen-bond donors (Lipinski definition) is 0. The van der Waals surface area contributed by atoms with Gasteiger partial charge in [-0.25, -0.2) is 0 Å². The van der Waals surface area contributed by atoms with Gasteiger partial charge in [-0.05, 0) is 45.0 Å². The molecule has 0 aliphatic rings. The van der Waals surface area contributed by atoms with Crippen molar-refractivity contribution < 1.29 is 4.92 Å². The Bertz CT molecular complexity index is 954. The highest BCUT2D eigenvalue weighted by molar-refractivity contribution is 5.84. The second-order valence-electron chi connectivity index (χ2n) is 6.03. The molecule has 3 rings (SSSR count). The van der Waals surface area contributed by atoms with E-state index in [-0.39, 0.29) is 10.6 Å². The van der Waals surface area contributed by atoms with Gasteiger partial charge < -0.3 is 4.57 Å². The van der Waals surface area contributed by atoms with Crippen LogP contribution in [0.25, 0.3) is 5.69 Å². The summed E-state index contributed by atoms with van der Waals surface area (Å²) >= 11 is 0. The first-order valence-corrected chi connectivity index (χ1v) is 8.00. The lowest BCUT2D eigenvalue weighted by atomic mass is 10.2. The summed E-state index contributed by atoms with van der Waals surface area (Å²) in [6.45, 7) is 6.01. The molecule has 0 fully saturated rings. The van der Waals surface area contributed by atoms with Crippen LogP contribution in [0.1, 0.15) is 22.5 Å². The zero-order valence-electron chi connectivity index (χ0n) is 14.4. The van der Waals surface area contributed by atoms with Crippen LogP contribution in [0, 0.1) is 30.9 Å². The minimum absolute atomic E-state index is 0.0832. The predicted octanol–water partition coefficient (Wildman–Crippen LogP) is 5.06. The van der Waals surface area contributed by atoms with Gasteiger partial charge in [-0.15, -0.1) is 0 Å². The molecule has 0 saturated heterocycles. The third-order valence-corrected chi connectivity index (χ3v) is 4.16. The Balaban J connectivity index is 1.97. The molecule has 0 aliphatic heterocycles. The number of nitro groups is 1. The van der Waals surface area contributed by atoms with Crippen LogP contribution >= 0.6 is 0 Å². The molecule has 0 atom stereocenters. The summed E-state index contributed by atoms with van der Waals surface area (Å²) in [7, 11) is 0. The fraction of sp³-hybridized carbons (Fsp3) is 0.150. The molecule has 0 radical (unpaired) electrons. The lowest BCUT2D eigenvalue weighted by Crippen LogP contribution is -2.00. The molecule has 0 saturated carbocycles. The van der Waals surface area contributed by atoms with Crippen molar-refractivity contribution in [3.8, 4) is 5.69 Å². The van der Waals surface area contributed by atoms with Gasteiger partial charge in [0.05, 0.1) is 16.3 Å². The van der Waals surface area contributed by atoms with E-state index in [0.717, 1.165) is 28.3 Å². The van der Waals surface area contributed by atoms with Gasteiger partial charge in [-0.1, -0.05) is 23.8 Å². The Hall–Kier alpha value is -3.21. The van der Waals surface area contributed by atoms with Crippen molar-refractivity contribution in [3.63, 3.8) is 0 Å². The molecule has 0 aliphatic carbocycles. The zero-order chi connectivity index (χ0) is 18.0. The molecule has 2 aromatic carbocycles. The number of aryl methyl sites for hydroxylation is 2. The van der Waals surface area contributed by atoms with Crippen LogP contribution in [-0.4, -0.2) is 15.7 Å². The fourth-order valence-electron chi connectivity index (χ4n) is 2.84. The number of aromatic nitrogens is 1. The van der Waals surface area contributed by atoms with E-state index in [9.17, 15) is 10.1 Å². The summed E-state index contributed by atoms with van der Waals surface area (Å²) < 4.78 is 2.00. The molecular weight excluding hydrogens is 314 g/mol. The fourth-order valence-corrected chi connectivity index (χ4v) is 2.84. The van der Waals surface area contributed by atoms with E-state index >= 15 is 0 Å². The van der Waals surface area contributed by atoms with Gasteiger partial charge in [0.25, 0.3) is 5.69 Å². The van der Waals surface area contributed by atoms with Crippen LogP contribution in [0.4, 0.5) is 11.4 Å². The number of aliphatic imine (C=N–C) groups is 1. The predicted molar refractivity (Wildman–Crippen MR) is 100 cm³/mol. The molecule has 0 unspecified atom stereocenters. The summed E-state index contributed by atoms with van der Waals surface area (Å²) in [4.78, 5) is 15.2. The summed E-state index contributed by atoms with van der Waals surface area (Å²) in [5, 5.41) is 11.0. The van der Waals surface area contributed by atoms with Crippen molar-refractivity contribution in [2.45, 2.75) is 20.8 Å². The van der Waals surface area contributed by atoms with Crippen LogP contribution in [-0.2, 0) is 0 Å². The Labute approximate surface area is 146 Å². The Morgan fingerprint density at radius 1 is 1.04 bits per heavy atom. The number of rotatable bonds is 4. The summed E-state index contributed by atoms with van der Waals surface area (Å²) in [5.74, 6) is 0. The van der Waals surface area contributed by atoms with Crippen molar-refractivity contribution in [1.82, 2.24) is 4.57 Å². The van der Waals surface area contributed by atoms with Gasteiger partial charge in [-0.3, -0.25) is 15.1 Å². The SMILES string of the molecule is Cc1ccc(N=Cc2cc(C)n(-c3cccc([N+](=O)[O-])c3)c2C)cc1. The highest BCUT2D eigenvalue weighted by atomic mass is 16.6. The number of nitrogens with zero attached hydrogens (tertiary/aromatic N) is 3. The van der Waals surface area contributed by atoms with Crippen LogP contribution in [0.3, 0.4) is 0 Å². The molecule has 1 aromatic heterocycles. The van der Waals surface area contributed by atoms with Crippen molar-refractivity contribution in [1.29, 1.82) is 0 Å². The Morgan fingerprint density at radius 3 is 2.44 bits per heavy atom. The Morgan fingerprint density at radius 2 is 1.76 bits per heavy atom. The van der Waals surface area contributed by atoms with E-state index in [1.807, 2.05) is 68.0 Å². The van der Waals surface area contributed by atoms with E-state index < -0.39 is 0 Å². The first-order chi connectivity index (χ1) is 12.0. The molecule has 0 spiro atoms. The second-order valence-corrected chi connectivity index (χ2v) is 6.03. The quantitative estimate of drug-likeness (QED) is 0.380. The zero-order valence-corrected chi connectivity index (χ0v) is 14.4. The normalized spacial score (nSPS) is 11.2. The lowest BCUT2D eigenvalue weighted by Gasteiger charge is -2.09. The van der Waals surface area contributed by atoms with Crippen LogP contribution in [0.15, 0.2) is 59.6 Å². The average Bonchev–Trinajstić information content (AvgIpc) is 2.88. The number of nitro benzene ring substituents is 1. The van der Waals surface area contributed by atoms with Crippen molar-refractivity contribution in [3.05, 3.63) is 87.2 Å². The van der Waals surface area contributed by atoms with Gasteiger partial charge in [0.1, 0.15) is 0 Å². The molecule has 0 bridgehead atoms. The Kier molecular flexibility index (Phi) is 4.48. The maximum absolute atomic E-state index is 11.0. The third kappa shape index (κ3) is 3.50. The van der Waals surface area contributed by atoms with Crippen LogP contribution in [0.5, 0.6) is 0 Å². The van der Waals surface area contributed by atoms with Gasteiger partial charge in [-0.2, -0.15) is 0 Å². The monoisotopic (exact) mass is 333 g/mol. The number of hydrogen-bond acceptors (Lipinski definition) is 3. The topological polar surface area (TPSA) is 60.4 Å². The van der Waals surface area contributed by atoms with Crippen LogP contribution < -0.4 is 0 Å². The van der Waals surface area contributed by atoms with Crippen LogP contribution in [0.2, 0.25) is 0 Å². The molecule has 1 heterocycles. The van der Waals surface area contributed by atoms with Gasteiger partial charge in [0, 0.05) is 35.3 Å². The number of non-ortho nitro benzene ring substituents is 1. The maximum atomic E-state index is 11.0. The summed E-state index contributed by atoms with van der Waals surface area (Å²) in [6, 6.07) is 16.7. The average molecular weight is 333 g/mol. The summed E-state index contributed by atoms with van der Waals surface area (Å²) in [5.41, 5.74) is 5.94. The molecule has 0 N–H and O–H groups in total. The van der Waals surface area contributed by atoms with E-state index in [1.165, 1.54) is 11.6 Å². The molecule has 5 heteroatoms. The largest absolute Gasteiger partial charge is 0.318 e. The smallest absolute Gasteiger partial charge is 0.271 e. The van der Waals surface area contributed by atoms with E-state index in [2.05, 4.69) is 4.99 Å². The van der Waals surface area contributed by atoms with Crippen molar-refractivity contribution in [2.24, 2.45) is 4.99 Å². The van der Waals surface area contributed by atoms with Crippen molar-refractivity contribution >= 4 is 17.6 Å². The lowest BCUT2D eigenvalue weighted by molar-refractivity contribution is -0.384. The first kappa shape index (κ1) is 16.6. The van der Waals surface area contributed by atoms with Gasteiger partial charge >= 0.3 is 0 Å². The third-order valence-electron chi connectivity index (χ3n) is 4.16. The van der Waals surface area contributed by atoms with Gasteiger partial charge in [0.15, 0.2) is 0 Å². The van der Waals surface area contributed by atoms with Crippen molar-refractivity contribution in [2.75, 3.05) is 0 Å². The molecule has 5 nitrogen and oxygen atoms in total. The molecule has 3 aromatic rings. The van der Waals surface area contributed by atoms with E-state index in [0.29, 0.717) is 0 Å². The minimum atomic E-state index is -0.378.